The van der Waals surface area contributed by atoms with Crippen LogP contribution in [-0.4, -0.2) is 24.4 Å². The molecule has 0 heterocycles. The van der Waals surface area contributed by atoms with E-state index in [0.717, 1.165) is 11.3 Å². The second kappa shape index (κ2) is 9.61. The molecule has 0 aromatic heterocycles. The molecule has 0 spiro atoms. The number of amides is 1. The Labute approximate surface area is 154 Å². The lowest BCUT2D eigenvalue weighted by Gasteiger charge is -2.14. The van der Waals surface area contributed by atoms with Gasteiger partial charge in [0.15, 0.2) is 12.4 Å². The fourth-order valence-corrected chi connectivity index (χ4v) is 2.35. The number of nitrogens with one attached hydrogen (secondary N) is 1. The first-order valence-electron chi connectivity index (χ1n) is 8.77. The lowest BCUT2D eigenvalue weighted by atomic mass is 10.1. The molecule has 0 atom stereocenters. The number of benzene rings is 2. The Morgan fingerprint density at radius 3 is 2.38 bits per heavy atom. The molecular formula is C21H25NO4. The second-order valence-electron chi connectivity index (χ2n) is 6.14. The number of carbonyl (C=O) groups is 2. The van der Waals surface area contributed by atoms with Crippen molar-refractivity contribution < 1.29 is 19.1 Å². The van der Waals surface area contributed by atoms with Crippen molar-refractivity contribution in [3.63, 3.8) is 0 Å². The monoisotopic (exact) mass is 355 g/mol. The first-order valence-corrected chi connectivity index (χ1v) is 8.77. The van der Waals surface area contributed by atoms with Gasteiger partial charge < -0.3 is 14.8 Å². The zero-order chi connectivity index (χ0) is 18.9. The third-order valence-corrected chi connectivity index (χ3v) is 3.68. The van der Waals surface area contributed by atoms with Crippen LogP contribution in [0.2, 0.25) is 0 Å². The van der Waals surface area contributed by atoms with Crippen LogP contribution >= 0.6 is 0 Å². The van der Waals surface area contributed by atoms with E-state index in [2.05, 4.69) is 5.32 Å². The molecule has 0 saturated heterocycles. The van der Waals surface area contributed by atoms with Crippen LogP contribution in [0.3, 0.4) is 0 Å². The summed E-state index contributed by atoms with van der Waals surface area (Å²) in [4.78, 5) is 23.6. The molecule has 0 aliphatic carbocycles. The maximum absolute atomic E-state index is 12.0. The molecular weight excluding hydrogens is 330 g/mol. The lowest BCUT2D eigenvalue weighted by molar-refractivity contribution is -0.123. The number of ether oxygens (including phenoxy) is 2. The van der Waals surface area contributed by atoms with E-state index in [9.17, 15) is 9.59 Å². The summed E-state index contributed by atoms with van der Waals surface area (Å²) in [5.41, 5.74) is 1.56. The fourth-order valence-electron chi connectivity index (χ4n) is 2.35. The summed E-state index contributed by atoms with van der Waals surface area (Å²) in [5, 5.41) is 2.82. The highest BCUT2D eigenvalue weighted by Gasteiger charge is 2.08. The SMILES string of the molecule is CCC(=O)c1ccc(OCC(=O)NCc2ccccc2OC(C)C)cc1. The molecule has 0 radical (unpaired) electrons. The van der Waals surface area contributed by atoms with E-state index in [0.29, 0.717) is 24.3 Å². The summed E-state index contributed by atoms with van der Waals surface area (Å²) in [6.07, 6.45) is 0.530. The van der Waals surface area contributed by atoms with Crippen molar-refractivity contribution >= 4 is 11.7 Å². The minimum Gasteiger partial charge on any atom is -0.491 e. The maximum atomic E-state index is 12.0. The minimum atomic E-state index is -0.224. The van der Waals surface area contributed by atoms with Crippen LogP contribution in [0.5, 0.6) is 11.5 Å². The fraction of sp³-hybridized carbons (Fsp3) is 0.333. The van der Waals surface area contributed by atoms with Gasteiger partial charge >= 0.3 is 0 Å². The standard InChI is InChI=1S/C21H25NO4/c1-4-19(23)16-9-11-18(12-10-16)25-14-21(24)22-13-17-7-5-6-8-20(17)26-15(2)3/h5-12,15H,4,13-14H2,1-3H3,(H,22,24). The van der Waals surface area contributed by atoms with Gasteiger partial charge in [0.05, 0.1) is 6.10 Å². The molecule has 0 unspecified atom stereocenters. The molecule has 0 fully saturated rings. The van der Waals surface area contributed by atoms with Crippen LogP contribution in [-0.2, 0) is 11.3 Å². The summed E-state index contributed by atoms with van der Waals surface area (Å²) >= 11 is 0. The van der Waals surface area contributed by atoms with Gasteiger partial charge in [0.1, 0.15) is 11.5 Å². The van der Waals surface area contributed by atoms with E-state index >= 15 is 0 Å². The highest BCUT2D eigenvalue weighted by atomic mass is 16.5. The molecule has 2 aromatic rings. The van der Waals surface area contributed by atoms with Crippen LogP contribution in [0.25, 0.3) is 0 Å². The van der Waals surface area contributed by atoms with Crippen molar-refractivity contribution in [1.82, 2.24) is 5.32 Å². The van der Waals surface area contributed by atoms with E-state index in [1.807, 2.05) is 45.0 Å². The molecule has 0 aliphatic rings. The summed E-state index contributed by atoms with van der Waals surface area (Å²) in [7, 11) is 0. The highest BCUT2D eigenvalue weighted by molar-refractivity contribution is 5.95. The van der Waals surface area contributed by atoms with Gasteiger partial charge in [-0.25, -0.2) is 0 Å². The normalized spacial score (nSPS) is 10.5. The Balaban J connectivity index is 1.83. The van der Waals surface area contributed by atoms with Gasteiger partial charge in [-0.05, 0) is 44.2 Å². The smallest absolute Gasteiger partial charge is 0.258 e. The van der Waals surface area contributed by atoms with E-state index in [1.54, 1.807) is 24.3 Å². The number of hydrogen-bond acceptors (Lipinski definition) is 4. The van der Waals surface area contributed by atoms with Gasteiger partial charge in [0, 0.05) is 24.1 Å². The average molecular weight is 355 g/mol. The Kier molecular flexibility index (Phi) is 7.21. The first-order chi connectivity index (χ1) is 12.5. The van der Waals surface area contributed by atoms with Crippen molar-refractivity contribution in [2.75, 3.05) is 6.61 Å². The Hall–Kier alpha value is -2.82. The van der Waals surface area contributed by atoms with Crippen molar-refractivity contribution in [2.24, 2.45) is 0 Å². The van der Waals surface area contributed by atoms with Crippen LogP contribution in [0.4, 0.5) is 0 Å². The predicted molar refractivity (Wildman–Crippen MR) is 101 cm³/mol. The minimum absolute atomic E-state index is 0.0674. The van der Waals surface area contributed by atoms with Crippen LogP contribution in [0.1, 0.15) is 43.1 Å². The third-order valence-electron chi connectivity index (χ3n) is 3.68. The number of hydrogen-bond donors (Lipinski definition) is 1. The molecule has 2 rings (SSSR count). The number of Topliss-reactive ketones (excluding diaryl/α,β-unsaturated/α-hetero) is 1. The van der Waals surface area contributed by atoms with Gasteiger partial charge in [0.2, 0.25) is 0 Å². The molecule has 26 heavy (non-hydrogen) atoms. The molecule has 5 nitrogen and oxygen atoms in total. The summed E-state index contributed by atoms with van der Waals surface area (Å²) in [6.45, 7) is 6.02. The molecule has 1 amide bonds. The van der Waals surface area contributed by atoms with Crippen molar-refractivity contribution in [2.45, 2.75) is 39.8 Å². The van der Waals surface area contributed by atoms with Crippen molar-refractivity contribution in [1.29, 1.82) is 0 Å². The Bertz CT molecular complexity index is 738. The van der Waals surface area contributed by atoms with Gasteiger partial charge in [-0.2, -0.15) is 0 Å². The third kappa shape index (κ3) is 5.92. The largest absolute Gasteiger partial charge is 0.491 e. The number of para-hydroxylation sites is 1. The number of carbonyl (C=O) groups excluding carboxylic acids is 2. The summed E-state index contributed by atoms with van der Waals surface area (Å²) in [6, 6.07) is 14.4. The Morgan fingerprint density at radius 2 is 1.73 bits per heavy atom. The Morgan fingerprint density at radius 1 is 1.04 bits per heavy atom. The molecule has 2 aromatic carbocycles. The van der Waals surface area contributed by atoms with E-state index in [4.69, 9.17) is 9.47 Å². The lowest BCUT2D eigenvalue weighted by Crippen LogP contribution is -2.28. The summed E-state index contributed by atoms with van der Waals surface area (Å²) < 4.78 is 11.2. The average Bonchev–Trinajstić information content (AvgIpc) is 2.65. The zero-order valence-electron chi connectivity index (χ0n) is 15.5. The highest BCUT2D eigenvalue weighted by Crippen LogP contribution is 2.19. The topological polar surface area (TPSA) is 64.6 Å². The molecule has 1 N–H and O–H groups in total. The number of ketones is 1. The zero-order valence-corrected chi connectivity index (χ0v) is 15.5. The molecule has 138 valence electrons. The van der Waals surface area contributed by atoms with Gasteiger partial charge in [0.25, 0.3) is 5.91 Å². The van der Waals surface area contributed by atoms with Crippen molar-refractivity contribution in [3.05, 3.63) is 59.7 Å². The second-order valence-corrected chi connectivity index (χ2v) is 6.14. The molecule has 0 saturated carbocycles. The first kappa shape index (κ1) is 19.5. The van der Waals surface area contributed by atoms with Crippen LogP contribution in [0.15, 0.2) is 48.5 Å². The van der Waals surface area contributed by atoms with Crippen LogP contribution < -0.4 is 14.8 Å². The predicted octanol–water partition coefficient (Wildman–Crippen LogP) is 3.76. The number of rotatable bonds is 9. The van der Waals surface area contributed by atoms with Crippen LogP contribution in [0, 0.1) is 0 Å². The summed E-state index contributed by atoms with van der Waals surface area (Å²) in [5.74, 6) is 1.17. The maximum Gasteiger partial charge on any atom is 0.258 e. The van der Waals surface area contributed by atoms with E-state index in [-0.39, 0.29) is 24.4 Å². The van der Waals surface area contributed by atoms with Gasteiger partial charge in [-0.15, -0.1) is 0 Å². The van der Waals surface area contributed by atoms with Gasteiger partial charge in [-0.3, -0.25) is 9.59 Å². The molecule has 0 aliphatic heterocycles. The molecule has 0 bridgehead atoms. The van der Waals surface area contributed by atoms with Crippen molar-refractivity contribution in [3.8, 4) is 11.5 Å². The molecule has 5 heteroatoms. The van der Waals surface area contributed by atoms with Gasteiger partial charge in [-0.1, -0.05) is 25.1 Å². The quantitative estimate of drug-likeness (QED) is 0.696. The van der Waals surface area contributed by atoms with E-state index < -0.39 is 0 Å². The van der Waals surface area contributed by atoms with E-state index in [1.165, 1.54) is 0 Å².